The van der Waals surface area contributed by atoms with Gasteiger partial charge < -0.3 is 10.1 Å². The molecule has 0 radical (unpaired) electrons. The van der Waals surface area contributed by atoms with E-state index in [1.54, 1.807) is 0 Å². The number of rotatable bonds is 2. The molecule has 1 saturated heterocycles. The van der Waals surface area contributed by atoms with Gasteiger partial charge in [0.25, 0.3) is 0 Å². The quantitative estimate of drug-likeness (QED) is 0.712. The average molecular weight is 185 g/mol. The van der Waals surface area contributed by atoms with Crippen molar-refractivity contribution >= 4 is 0 Å². The van der Waals surface area contributed by atoms with Gasteiger partial charge in [0.05, 0.1) is 6.61 Å². The van der Waals surface area contributed by atoms with E-state index < -0.39 is 0 Å². The molecule has 1 aliphatic rings. The van der Waals surface area contributed by atoms with Crippen molar-refractivity contribution in [2.24, 2.45) is 5.41 Å². The number of ether oxygens (including phenoxy) is 1. The highest BCUT2D eigenvalue weighted by Crippen LogP contribution is 2.20. The van der Waals surface area contributed by atoms with Gasteiger partial charge in [0.1, 0.15) is 0 Å². The zero-order chi connectivity index (χ0) is 9.95. The van der Waals surface area contributed by atoms with E-state index in [0.29, 0.717) is 5.41 Å². The largest absolute Gasteiger partial charge is 0.380 e. The highest BCUT2D eigenvalue weighted by molar-refractivity contribution is 4.86. The molecule has 78 valence electrons. The van der Waals surface area contributed by atoms with Crippen molar-refractivity contribution < 1.29 is 4.74 Å². The Morgan fingerprint density at radius 1 is 1.38 bits per heavy atom. The van der Waals surface area contributed by atoms with E-state index >= 15 is 0 Å². The van der Waals surface area contributed by atoms with Crippen molar-refractivity contribution in [3.8, 4) is 0 Å². The minimum atomic E-state index is 0.214. The van der Waals surface area contributed by atoms with Crippen molar-refractivity contribution in [2.45, 2.75) is 46.1 Å². The van der Waals surface area contributed by atoms with Crippen LogP contribution in [0.25, 0.3) is 0 Å². The molecular formula is C11H23NO. The molecule has 0 saturated carbocycles. The van der Waals surface area contributed by atoms with Gasteiger partial charge in [-0.3, -0.25) is 0 Å². The van der Waals surface area contributed by atoms with Crippen molar-refractivity contribution in [2.75, 3.05) is 19.8 Å². The minimum absolute atomic E-state index is 0.214. The maximum Gasteiger partial charge on any atom is 0.0645 e. The summed E-state index contributed by atoms with van der Waals surface area (Å²) in [6, 6.07) is 0. The van der Waals surface area contributed by atoms with Crippen molar-refractivity contribution in [3.63, 3.8) is 0 Å². The summed E-state index contributed by atoms with van der Waals surface area (Å²) in [7, 11) is 0. The highest BCUT2D eigenvalue weighted by atomic mass is 16.5. The van der Waals surface area contributed by atoms with Crippen LogP contribution in [0.3, 0.4) is 0 Å². The van der Waals surface area contributed by atoms with Gasteiger partial charge in [-0.15, -0.1) is 0 Å². The van der Waals surface area contributed by atoms with Crippen LogP contribution in [0.1, 0.15) is 40.5 Å². The summed E-state index contributed by atoms with van der Waals surface area (Å²) in [6.45, 7) is 11.9. The standard InChI is InChI=1S/C11H23NO/c1-10(2,3)8-12-11(4)6-5-7-13-9-11/h12H,5-9H2,1-4H3. The average Bonchev–Trinajstić information content (AvgIpc) is 2.02. The molecule has 2 nitrogen and oxygen atoms in total. The lowest BCUT2D eigenvalue weighted by molar-refractivity contribution is 0.0249. The van der Waals surface area contributed by atoms with Crippen LogP contribution < -0.4 is 5.32 Å². The van der Waals surface area contributed by atoms with Crippen LogP contribution in [0.5, 0.6) is 0 Å². The molecule has 2 heteroatoms. The summed E-state index contributed by atoms with van der Waals surface area (Å²) in [4.78, 5) is 0. The number of hydrogen-bond donors (Lipinski definition) is 1. The molecule has 1 N–H and O–H groups in total. The molecule has 1 fully saturated rings. The van der Waals surface area contributed by atoms with E-state index in [0.717, 1.165) is 19.8 Å². The molecule has 1 rings (SSSR count). The first kappa shape index (κ1) is 11.0. The first-order chi connectivity index (χ1) is 5.91. The van der Waals surface area contributed by atoms with Gasteiger partial charge in [0.15, 0.2) is 0 Å². The first-order valence-corrected chi connectivity index (χ1v) is 5.24. The summed E-state index contributed by atoms with van der Waals surface area (Å²) >= 11 is 0. The van der Waals surface area contributed by atoms with Crippen molar-refractivity contribution in [1.29, 1.82) is 0 Å². The van der Waals surface area contributed by atoms with E-state index in [1.807, 2.05) is 0 Å². The predicted molar refractivity (Wildman–Crippen MR) is 55.9 cm³/mol. The van der Waals surface area contributed by atoms with Crippen LogP contribution >= 0.6 is 0 Å². The number of hydrogen-bond acceptors (Lipinski definition) is 2. The van der Waals surface area contributed by atoms with E-state index in [-0.39, 0.29) is 5.54 Å². The summed E-state index contributed by atoms with van der Waals surface area (Å²) in [6.07, 6.45) is 2.43. The van der Waals surface area contributed by atoms with Crippen LogP contribution in [0.4, 0.5) is 0 Å². The van der Waals surface area contributed by atoms with E-state index in [2.05, 4.69) is 33.0 Å². The van der Waals surface area contributed by atoms with Crippen LogP contribution in [0.2, 0.25) is 0 Å². The Morgan fingerprint density at radius 2 is 2.08 bits per heavy atom. The van der Waals surface area contributed by atoms with Gasteiger partial charge in [-0.1, -0.05) is 20.8 Å². The fourth-order valence-corrected chi connectivity index (χ4v) is 1.55. The van der Waals surface area contributed by atoms with Crippen molar-refractivity contribution in [1.82, 2.24) is 5.32 Å². The Hall–Kier alpha value is -0.0800. The fraction of sp³-hybridized carbons (Fsp3) is 1.00. The summed E-state index contributed by atoms with van der Waals surface area (Å²) in [5.74, 6) is 0. The second-order valence-electron chi connectivity index (χ2n) is 5.63. The van der Waals surface area contributed by atoms with Gasteiger partial charge in [0.2, 0.25) is 0 Å². The van der Waals surface area contributed by atoms with Gasteiger partial charge in [-0.2, -0.15) is 0 Å². The molecule has 0 bridgehead atoms. The Kier molecular flexibility index (Phi) is 3.36. The van der Waals surface area contributed by atoms with Gasteiger partial charge >= 0.3 is 0 Å². The minimum Gasteiger partial charge on any atom is -0.380 e. The Balaban J connectivity index is 2.33. The molecule has 0 aromatic rings. The fourth-order valence-electron chi connectivity index (χ4n) is 1.55. The van der Waals surface area contributed by atoms with Crippen molar-refractivity contribution in [3.05, 3.63) is 0 Å². The molecule has 1 atom stereocenters. The summed E-state index contributed by atoms with van der Waals surface area (Å²) in [5.41, 5.74) is 0.575. The maximum absolute atomic E-state index is 5.49. The van der Waals surface area contributed by atoms with Gasteiger partial charge in [-0.05, 0) is 25.2 Å². The molecule has 0 amide bonds. The third-order valence-corrected chi connectivity index (χ3v) is 2.48. The Morgan fingerprint density at radius 3 is 2.54 bits per heavy atom. The molecule has 0 aliphatic carbocycles. The lowest BCUT2D eigenvalue weighted by atomic mass is 9.91. The van der Waals surface area contributed by atoms with Gasteiger partial charge in [-0.25, -0.2) is 0 Å². The molecule has 13 heavy (non-hydrogen) atoms. The molecule has 1 heterocycles. The van der Waals surface area contributed by atoms with E-state index in [9.17, 15) is 0 Å². The van der Waals surface area contributed by atoms with Crippen LogP contribution in [0.15, 0.2) is 0 Å². The second kappa shape index (κ2) is 3.97. The topological polar surface area (TPSA) is 21.3 Å². The van der Waals surface area contributed by atoms with E-state index in [4.69, 9.17) is 4.74 Å². The zero-order valence-corrected chi connectivity index (χ0v) is 9.44. The molecule has 0 spiro atoms. The smallest absolute Gasteiger partial charge is 0.0645 e. The molecular weight excluding hydrogens is 162 g/mol. The van der Waals surface area contributed by atoms with E-state index in [1.165, 1.54) is 12.8 Å². The van der Waals surface area contributed by atoms with Gasteiger partial charge in [0, 0.05) is 18.7 Å². The third kappa shape index (κ3) is 4.10. The summed E-state index contributed by atoms with van der Waals surface area (Å²) < 4.78 is 5.49. The normalized spacial score (nSPS) is 30.5. The predicted octanol–water partition coefficient (Wildman–Crippen LogP) is 2.19. The highest BCUT2D eigenvalue weighted by Gasteiger charge is 2.28. The first-order valence-electron chi connectivity index (χ1n) is 5.24. The van der Waals surface area contributed by atoms with Crippen LogP contribution in [0, 0.1) is 5.41 Å². The molecule has 1 unspecified atom stereocenters. The zero-order valence-electron chi connectivity index (χ0n) is 9.44. The molecule has 0 aromatic heterocycles. The number of nitrogens with one attached hydrogen (secondary N) is 1. The lowest BCUT2D eigenvalue weighted by Crippen LogP contribution is -2.51. The Labute approximate surface area is 82.0 Å². The Bertz CT molecular complexity index is 154. The SMILES string of the molecule is CC(C)(C)CNC1(C)CCCOC1. The maximum atomic E-state index is 5.49. The van der Waals surface area contributed by atoms with Crippen LogP contribution in [-0.2, 0) is 4.74 Å². The lowest BCUT2D eigenvalue weighted by Gasteiger charge is -2.36. The molecule has 1 aliphatic heterocycles. The molecule has 0 aromatic carbocycles. The van der Waals surface area contributed by atoms with Crippen LogP contribution in [-0.4, -0.2) is 25.3 Å². The third-order valence-electron chi connectivity index (χ3n) is 2.48. The second-order valence-corrected chi connectivity index (χ2v) is 5.63. The summed E-state index contributed by atoms with van der Waals surface area (Å²) in [5, 5.41) is 3.61. The monoisotopic (exact) mass is 185 g/mol.